The first-order chi connectivity index (χ1) is 18.6. The number of hydrogen-bond acceptors (Lipinski definition) is 4. The van der Waals surface area contributed by atoms with E-state index in [-0.39, 0.29) is 0 Å². The van der Waals surface area contributed by atoms with Gasteiger partial charge in [-0.1, -0.05) is 54.6 Å². The molecule has 0 saturated carbocycles. The first-order valence-electron chi connectivity index (χ1n) is 12.4. The molecule has 38 heavy (non-hydrogen) atoms. The summed E-state index contributed by atoms with van der Waals surface area (Å²) in [6, 6.07) is 29.4. The van der Waals surface area contributed by atoms with Crippen molar-refractivity contribution in [1.29, 1.82) is 0 Å². The average Bonchev–Trinajstić information content (AvgIpc) is 2.98. The van der Waals surface area contributed by atoms with Gasteiger partial charge in [0.05, 0.1) is 39.2 Å². The summed E-state index contributed by atoms with van der Waals surface area (Å²) in [5.41, 5.74) is 5.42. The molecular weight excluding hydrogens is 474 g/mol. The molecular formula is C33H28NO4+. The third-order valence-corrected chi connectivity index (χ3v) is 7.10. The monoisotopic (exact) mass is 502 g/mol. The Morgan fingerprint density at radius 3 is 1.82 bits per heavy atom. The number of aromatic nitrogens is 1. The Kier molecular flexibility index (Phi) is 5.97. The van der Waals surface area contributed by atoms with Gasteiger partial charge < -0.3 is 18.9 Å². The summed E-state index contributed by atoms with van der Waals surface area (Å²) in [4.78, 5) is 0. The predicted octanol–water partition coefficient (Wildman–Crippen LogP) is 7.10. The van der Waals surface area contributed by atoms with Crippen LogP contribution in [-0.2, 0) is 0 Å². The highest BCUT2D eigenvalue weighted by Crippen LogP contribution is 2.45. The highest BCUT2D eigenvalue weighted by molar-refractivity contribution is 6.05. The predicted molar refractivity (Wildman–Crippen MR) is 152 cm³/mol. The van der Waals surface area contributed by atoms with E-state index in [1.54, 1.807) is 28.4 Å². The van der Waals surface area contributed by atoms with Crippen molar-refractivity contribution >= 4 is 27.1 Å². The Hall–Kier alpha value is -4.77. The van der Waals surface area contributed by atoms with Crippen LogP contribution in [0.15, 0.2) is 97.3 Å². The molecule has 6 rings (SSSR count). The summed E-state index contributed by atoms with van der Waals surface area (Å²) in [7, 11) is 6.68. The second-order valence-corrected chi connectivity index (χ2v) is 9.11. The van der Waals surface area contributed by atoms with Gasteiger partial charge in [-0.25, -0.2) is 0 Å². The van der Waals surface area contributed by atoms with E-state index in [1.165, 1.54) is 5.56 Å². The minimum absolute atomic E-state index is 0.697. The molecule has 0 fully saturated rings. The largest absolute Gasteiger partial charge is 0.493 e. The van der Waals surface area contributed by atoms with Crippen LogP contribution in [-0.4, -0.2) is 28.4 Å². The maximum absolute atomic E-state index is 5.94. The van der Waals surface area contributed by atoms with E-state index in [0.29, 0.717) is 23.0 Å². The SMILES string of the molecule is COc1cc2cc3c4cc(-c5ccc(-c6ccccc6)cc5)c(OC)c(OC)c4cc[n+]3cc2cc1OC. The number of ether oxygens (including phenoxy) is 4. The van der Waals surface area contributed by atoms with Gasteiger partial charge in [-0.3, -0.25) is 0 Å². The molecule has 0 saturated heterocycles. The highest BCUT2D eigenvalue weighted by Gasteiger charge is 2.21. The number of nitrogens with zero attached hydrogens (tertiary/aromatic N) is 1. The van der Waals surface area contributed by atoms with E-state index < -0.39 is 0 Å². The van der Waals surface area contributed by atoms with Crippen molar-refractivity contribution in [1.82, 2.24) is 0 Å². The molecule has 188 valence electrons. The Morgan fingerprint density at radius 2 is 1.16 bits per heavy atom. The van der Waals surface area contributed by atoms with Crippen molar-refractivity contribution in [2.45, 2.75) is 0 Å². The Balaban J connectivity index is 1.60. The molecule has 5 heteroatoms. The van der Waals surface area contributed by atoms with E-state index >= 15 is 0 Å². The summed E-state index contributed by atoms with van der Waals surface area (Å²) in [5.74, 6) is 2.82. The van der Waals surface area contributed by atoms with Crippen molar-refractivity contribution in [3.8, 4) is 45.3 Å². The normalized spacial score (nSPS) is 11.2. The maximum Gasteiger partial charge on any atom is 0.219 e. The van der Waals surface area contributed by atoms with Crippen molar-refractivity contribution in [2.75, 3.05) is 28.4 Å². The fraction of sp³-hybridized carbons (Fsp3) is 0.121. The second-order valence-electron chi connectivity index (χ2n) is 9.11. The number of hydrogen-bond donors (Lipinski definition) is 0. The van der Waals surface area contributed by atoms with E-state index in [9.17, 15) is 0 Å². The molecule has 0 unspecified atom stereocenters. The number of benzene rings is 4. The van der Waals surface area contributed by atoms with E-state index in [0.717, 1.165) is 43.8 Å². The molecule has 0 bridgehead atoms. The molecule has 6 aromatic rings. The van der Waals surface area contributed by atoms with Crippen LogP contribution in [0.25, 0.3) is 49.3 Å². The van der Waals surface area contributed by atoms with Gasteiger partial charge in [-0.2, -0.15) is 4.40 Å². The zero-order chi connectivity index (χ0) is 26.2. The fourth-order valence-electron chi connectivity index (χ4n) is 5.21. The second kappa shape index (κ2) is 9.60. The van der Waals surface area contributed by atoms with E-state index in [2.05, 4.69) is 77.3 Å². The Morgan fingerprint density at radius 1 is 0.526 bits per heavy atom. The molecule has 2 aromatic heterocycles. The lowest BCUT2D eigenvalue weighted by Crippen LogP contribution is -2.20. The zero-order valence-electron chi connectivity index (χ0n) is 21.8. The molecule has 0 aliphatic rings. The summed E-state index contributed by atoms with van der Waals surface area (Å²) in [5, 5.41) is 4.15. The minimum Gasteiger partial charge on any atom is -0.493 e. The summed E-state index contributed by atoms with van der Waals surface area (Å²) in [6.07, 6.45) is 4.15. The Labute approximate surface area is 221 Å². The van der Waals surface area contributed by atoms with E-state index in [4.69, 9.17) is 18.9 Å². The first kappa shape index (κ1) is 23.6. The third-order valence-electron chi connectivity index (χ3n) is 7.10. The number of methoxy groups -OCH3 is 4. The quantitative estimate of drug-likeness (QED) is 0.138. The van der Waals surface area contributed by atoms with Gasteiger partial charge in [-0.05, 0) is 40.3 Å². The molecule has 2 heterocycles. The number of rotatable bonds is 6. The van der Waals surface area contributed by atoms with Crippen LogP contribution in [0.4, 0.5) is 0 Å². The van der Waals surface area contributed by atoms with Crippen molar-refractivity contribution in [3.05, 3.63) is 97.3 Å². The maximum atomic E-state index is 5.94. The zero-order valence-corrected chi connectivity index (χ0v) is 21.8. The molecule has 4 aromatic carbocycles. The van der Waals surface area contributed by atoms with Gasteiger partial charge in [0.1, 0.15) is 0 Å². The van der Waals surface area contributed by atoms with Gasteiger partial charge in [0, 0.05) is 23.1 Å². The van der Waals surface area contributed by atoms with Gasteiger partial charge in [0.25, 0.3) is 0 Å². The molecule has 0 aliphatic heterocycles. The lowest BCUT2D eigenvalue weighted by Gasteiger charge is -2.16. The van der Waals surface area contributed by atoms with Crippen molar-refractivity contribution in [3.63, 3.8) is 0 Å². The van der Waals surface area contributed by atoms with Gasteiger partial charge in [0.15, 0.2) is 35.4 Å². The summed E-state index contributed by atoms with van der Waals surface area (Å²) in [6.45, 7) is 0. The van der Waals surface area contributed by atoms with Crippen LogP contribution in [0.3, 0.4) is 0 Å². The Bertz CT molecular complexity index is 1790. The van der Waals surface area contributed by atoms with Crippen LogP contribution < -0.4 is 23.3 Å². The minimum atomic E-state index is 0.697. The molecule has 0 radical (unpaired) electrons. The lowest BCUT2D eigenvalue weighted by atomic mass is 9.96. The summed E-state index contributed by atoms with van der Waals surface area (Å²) >= 11 is 0. The number of pyridine rings is 2. The average molecular weight is 503 g/mol. The van der Waals surface area contributed by atoms with Crippen LogP contribution in [0.2, 0.25) is 0 Å². The van der Waals surface area contributed by atoms with Gasteiger partial charge >= 0.3 is 0 Å². The molecule has 0 atom stereocenters. The number of fused-ring (bicyclic) bond motifs is 4. The molecule has 0 spiro atoms. The first-order valence-corrected chi connectivity index (χ1v) is 12.4. The van der Waals surface area contributed by atoms with Crippen LogP contribution in [0.5, 0.6) is 23.0 Å². The third kappa shape index (κ3) is 3.84. The molecule has 5 nitrogen and oxygen atoms in total. The van der Waals surface area contributed by atoms with Crippen molar-refractivity contribution in [2.24, 2.45) is 0 Å². The molecule has 0 amide bonds. The smallest absolute Gasteiger partial charge is 0.219 e. The van der Waals surface area contributed by atoms with Gasteiger partial charge in [-0.15, -0.1) is 0 Å². The molecule has 0 N–H and O–H groups in total. The van der Waals surface area contributed by atoms with Crippen molar-refractivity contribution < 1.29 is 23.3 Å². The topological polar surface area (TPSA) is 41.0 Å². The molecule has 0 aliphatic carbocycles. The summed E-state index contributed by atoms with van der Waals surface area (Å²) < 4.78 is 25.1. The van der Waals surface area contributed by atoms with Gasteiger partial charge in [0.2, 0.25) is 5.52 Å². The standard InChI is InChI=1S/C33H28NO4/c1-35-30-17-24-16-29-28-19-27(23-12-10-22(11-13-23)21-8-6-5-7-9-21)33(38-4)32(37-3)26(28)14-15-34(29)20-25(24)18-31(30)36-2/h5-20H,1-4H3/q+1. The van der Waals surface area contributed by atoms with Crippen LogP contribution in [0.1, 0.15) is 0 Å². The van der Waals surface area contributed by atoms with Crippen LogP contribution in [0, 0.1) is 0 Å². The van der Waals surface area contributed by atoms with Crippen LogP contribution >= 0.6 is 0 Å². The highest BCUT2D eigenvalue weighted by atomic mass is 16.5. The van der Waals surface area contributed by atoms with E-state index in [1.807, 2.05) is 24.4 Å². The fourth-order valence-corrected chi connectivity index (χ4v) is 5.21. The lowest BCUT2D eigenvalue weighted by molar-refractivity contribution is -0.509.